The highest BCUT2D eigenvalue weighted by Crippen LogP contribution is 2.37. The Morgan fingerprint density at radius 3 is 2.38 bits per heavy atom. The highest BCUT2D eigenvalue weighted by molar-refractivity contribution is 6.35. The van der Waals surface area contributed by atoms with Crippen LogP contribution in [-0.2, 0) is 20.9 Å². The second-order valence-corrected chi connectivity index (χ2v) is 13.5. The van der Waals surface area contributed by atoms with Crippen LogP contribution in [0, 0.1) is 11.8 Å². The number of likely N-dealkylation sites (tertiary alicyclic amines) is 2. The zero-order valence-corrected chi connectivity index (χ0v) is 25.5. The van der Waals surface area contributed by atoms with E-state index in [2.05, 4.69) is 28.1 Å². The van der Waals surface area contributed by atoms with E-state index >= 15 is 0 Å². The maximum atomic E-state index is 13.9. The van der Waals surface area contributed by atoms with Gasteiger partial charge in [0.05, 0.1) is 12.5 Å². The maximum Gasteiger partial charge on any atom is 0.306 e. The lowest BCUT2D eigenvalue weighted by Gasteiger charge is -2.35. The minimum atomic E-state index is -0.566. The highest BCUT2D eigenvalue weighted by atomic mass is 35.5. The summed E-state index contributed by atoms with van der Waals surface area (Å²) in [6.45, 7) is 11.9. The number of rotatable bonds is 8. The molecule has 1 N–H and O–H groups in total. The van der Waals surface area contributed by atoms with Gasteiger partial charge in [-0.3, -0.25) is 19.4 Å². The summed E-state index contributed by atoms with van der Waals surface area (Å²) < 4.78 is 5.65. The molecule has 2 saturated heterocycles. The van der Waals surface area contributed by atoms with Crippen LogP contribution in [0.1, 0.15) is 78.2 Å². The quantitative estimate of drug-likeness (QED) is 0.292. The van der Waals surface area contributed by atoms with E-state index in [1.165, 1.54) is 25.7 Å². The van der Waals surface area contributed by atoms with E-state index in [1.807, 2.05) is 39.0 Å². The number of esters is 1. The van der Waals surface area contributed by atoms with Crippen molar-refractivity contribution in [3.8, 4) is 0 Å². The molecule has 1 aromatic rings. The number of piperidine rings is 1. The van der Waals surface area contributed by atoms with E-state index in [-0.39, 0.29) is 36.2 Å². The first-order valence-corrected chi connectivity index (χ1v) is 15.3. The molecule has 1 aliphatic carbocycles. The second-order valence-electron chi connectivity index (χ2n) is 12.7. The molecule has 8 heteroatoms. The van der Waals surface area contributed by atoms with Gasteiger partial charge < -0.3 is 10.1 Å². The fourth-order valence-corrected chi connectivity index (χ4v) is 6.87. The number of amides is 1. The van der Waals surface area contributed by atoms with E-state index < -0.39 is 11.6 Å². The Bertz CT molecular complexity index is 1030. The number of ether oxygens (including phenoxy) is 1. The molecule has 4 rings (SSSR count). The Balaban J connectivity index is 1.44. The molecule has 1 amide bonds. The third-order valence-electron chi connectivity index (χ3n) is 8.31. The van der Waals surface area contributed by atoms with Gasteiger partial charge in [-0.05, 0) is 83.3 Å². The molecule has 2 aliphatic heterocycles. The maximum absolute atomic E-state index is 13.9. The summed E-state index contributed by atoms with van der Waals surface area (Å²) in [5, 5.41) is 4.54. The zero-order valence-electron chi connectivity index (χ0n) is 24.0. The summed E-state index contributed by atoms with van der Waals surface area (Å²) in [6, 6.07) is 5.16. The Morgan fingerprint density at radius 1 is 1.08 bits per heavy atom. The van der Waals surface area contributed by atoms with Crippen LogP contribution in [-0.4, -0.2) is 65.5 Å². The number of hydrogen-bond donors (Lipinski definition) is 1. The number of halogens is 2. The Kier molecular flexibility index (Phi) is 10.4. The summed E-state index contributed by atoms with van der Waals surface area (Å²) in [7, 11) is 0. The van der Waals surface area contributed by atoms with Gasteiger partial charge in [-0.25, -0.2) is 0 Å². The molecule has 6 nitrogen and oxygen atoms in total. The van der Waals surface area contributed by atoms with Gasteiger partial charge in [-0.2, -0.15) is 0 Å². The molecular weight excluding hydrogens is 533 g/mol. The molecular formula is C31H45Cl2N3O3. The number of nitrogens with one attached hydrogen (secondary N) is 1. The summed E-state index contributed by atoms with van der Waals surface area (Å²) in [6.07, 6.45) is 9.55. The number of carbonyl (C=O) groups is 2. The Morgan fingerprint density at radius 2 is 1.77 bits per heavy atom. The van der Waals surface area contributed by atoms with E-state index in [0.29, 0.717) is 23.1 Å². The Hall–Kier alpha value is -1.60. The molecule has 216 valence electrons. The molecule has 1 unspecified atom stereocenters. The van der Waals surface area contributed by atoms with Gasteiger partial charge in [-0.1, -0.05) is 47.8 Å². The molecule has 0 spiro atoms. The molecule has 0 bridgehead atoms. The van der Waals surface area contributed by atoms with E-state index in [0.717, 1.165) is 38.0 Å². The van der Waals surface area contributed by atoms with Crippen LogP contribution in [0.15, 0.2) is 29.8 Å². The SMILES string of the molecule is C[C@@H]1CN(Cc2c(Cl)cccc2Cl)C(C(=O)NC2CCN(CC3=CCCCC3)CC2)[C@@H]1CC(=O)OC(C)(C)C. The lowest BCUT2D eigenvalue weighted by atomic mass is 9.88. The van der Waals surface area contributed by atoms with Gasteiger partial charge in [0, 0.05) is 54.4 Å². The van der Waals surface area contributed by atoms with Crippen molar-refractivity contribution in [3.05, 3.63) is 45.5 Å². The number of benzene rings is 1. The van der Waals surface area contributed by atoms with Crippen molar-refractivity contribution in [1.82, 2.24) is 15.1 Å². The standard InChI is InChI=1S/C31H45Cl2N3O3/c1-21-18-36(20-25-26(32)11-8-12-27(25)33)29(24(21)17-28(37)39-31(2,3)4)30(38)34-23-13-15-35(16-14-23)19-22-9-6-5-7-10-22/h8-9,11-12,21,23-24,29H,5-7,10,13-20H2,1-4H3,(H,34,38)/t21-,24-,29?/m1/s1. The first kappa shape index (κ1) is 30.4. The minimum Gasteiger partial charge on any atom is -0.460 e. The third kappa shape index (κ3) is 8.45. The molecule has 2 fully saturated rings. The van der Waals surface area contributed by atoms with Crippen molar-refractivity contribution < 1.29 is 14.3 Å². The lowest BCUT2D eigenvalue weighted by Crippen LogP contribution is -2.52. The minimum absolute atomic E-state index is 0.00970. The molecule has 1 aromatic carbocycles. The van der Waals surface area contributed by atoms with E-state index in [1.54, 1.807) is 5.57 Å². The highest BCUT2D eigenvalue weighted by Gasteiger charge is 2.45. The largest absolute Gasteiger partial charge is 0.460 e. The molecule has 0 saturated carbocycles. The average molecular weight is 579 g/mol. The van der Waals surface area contributed by atoms with Crippen molar-refractivity contribution in [3.63, 3.8) is 0 Å². The van der Waals surface area contributed by atoms with Crippen LogP contribution in [0.25, 0.3) is 0 Å². The zero-order chi connectivity index (χ0) is 28.2. The van der Waals surface area contributed by atoms with Crippen molar-refractivity contribution in [2.75, 3.05) is 26.2 Å². The van der Waals surface area contributed by atoms with Gasteiger partial charge in [0.25, 0.3) is 0 Å². The Labute approximate surface area is 244 Å². The van der Waals surface area contributed by atoms with Crippen molar-refractivity contribution in [2.24, 2.45) is 11.8 Å². The van der Waals surface area contributed by atoms with Crippen molar-refractivity contribution in [1.29, 1.82) is 0 Å². The van der Waals surface area contributed by atoms with Gasteiger partial charge in [0.2, 0.25) is 5.91 Å². The molecule has 0 radical (unpaired) electrons. The first-order chi connectivity index (χ1) is 18.5. The monoisotopic (exact) mass is 577 g/mol. The first-order valence-electron chi connectivity index (χ1n) is 14.6. The summed E-state index contributed by atoms with van der Waals surface area (Å²) in [5.74, 6) is -0.288. The second kappa shape index (κ2) is 13.4. The average Bonchev–Trinajstić information content (AvgIpc) is 3.16. The number of nitrogens with zero attached hydrogens (tertiary/aromatic N) is 2. The van der Waals surface area contributed by atoms with Crippen molar-refractivity contribution >= 4 is 35.1 Å². The van der Waals surface area contributed by atoms with Gasteiger partial charge in [0.15, 0.2) is 0 Å². The summed E-state index contributed by atoms with van der Waals surface area (Å²) >= 11 is 13.0. The summed E-state index contributed by atoms with van der Waals surface area (Å²) in [4.78, 5) is 31.4. The fraction of sp³-hybridized carbons (Fsp3) is 0.677. The number of hydrogen-bond acceptors (Lipinski definition) is 5. The topological polar surface area (TPSA) is 61.9 Å². The molecule has 2 heterocycles. The normalized spacial score (nSPS) is 25.4. The van der Waals surface area contributed by atoms with Crippen LogP contribution in [0.4, 0.5) is 0 Å². The lowest BCUT2D eigenvalue weighted by molar-refractivity contribution is -0.156. The molecule has 39 heavy (non-hydrogen) atoms. The molecule has 3 aliphatic rings. The van der Waals surface area contributed by atoms with Crippen LogP contribution >= 0.6 is 23.2 Å². The number of carbonyl (C=O) groups excluding carboxylic acids is 2. The predicted molar refractivity (Wildman–Crippen MR) is 158 cm³/mol. The smallest absolute Gasteiger partial charge is 0.306 e. The fourth-order valence-electron chi connectivity index (χ4n) is 6.36. The van der Waals surface area contributed by atoms with Gasteiger partial charge in [-0.15, -0.1) is 0 Å². The van der Waals surface area contributed by atoms with Gasteiger partial charge in [0.1, 0.15) is 5.60 Å². The number of allylic oxidation sites excluding steroid dienone is 1. The van der Waals surface area contributed by atoms with Crippen LogP contribution in [0.3, 0.4) is 0 Å². The van der Waals surface area contributed by atoms with Crippen LogP contribution in [0.5, 0.6) is 0 Å². The summed E-state index contributed by atoms with van der Waals surface area (Å²) in [5.41, 5.74) is 1.82. The van der Waals surface area contributed by atoms with Gasteiger partial charge >= 0.3 is 5.97 Å². The van der Waals surface area contributed by atoms with E-state index in [9.17, 15) is 9.59 Å². The molecule has 3 atom stereocenters. The third-order valence-corrected chi connectivity index (χ3v) is 9.02. The van der Waals surface area contributed by atoms with Crippen molar-refractivity contribution in [2.45, 2.75) is 96.9 Å². The molecule has 0 aromatic heterocycles. The van der Waals surface area contributed by atoms with E-state index in [4.69, 9.17) is 27.9 Å². The van der Waals surface area contributed by atoms with Crippen LogP contribution in [0.2, 0.25) is 10.0 Å². The predicted octanol–water partition coefficient (Wildman–Crippen LogP) is 6.24. The van der Waals surface area contributed by atoms with Crippen LogP contribution < -0.4 is 5.32 Å².